The fraction of sp³-hybridized carbons (Fsp3) is 0.321. The van der Waals surface area contributed by atoms with Gasteiger partial charge in [0.2, 0.25) is 5.91 Å². The Kier molecular flexibility index (Phi) is 9.08. The van der Waals surface area contributed by atoms with Crippen LogP contribution in [-0.2, 0) is 4.79 Å². The molecule has 0 spiro atoms. The average Bonchev–Trinajstić information content (AvgIpc) is 3.39. The van der Waals surface area contributed by atoms with Gasteiger partial charge in [0.15, 0.2) is 0 Å². The van der Waals surface area contributed by atoms with Gasteiger partial charge in [-0.3, -0.25) is 4.79 Å². The van der Waals surface area contributed by atoms with Crippen LogP contribution >= 0.6 is 46.4 Å². The smallest absolute Gasteiger partial charge is 0.242 e. The number of carbonyl (C=O) groups is 1. The molecule has 8 heteroatoms. The summed E-state index contributed by atoms with van der Waals surface area (Å²) in [5, 5.41) is 2.03. The van der Waals surface area contributed by atoms with E-state index in [0.29, 0.717) is 20.1 Å². The van der Waals surface area contributed by atoms with Crippen molar-refractivity contribution in [1.82, 2.24) is 9.80 Å². The molecule has 1 heterocycles. The van der Waals surface area contributed by atoms with E-state index in [0.717, 1.165) is 42.0 Å². The van der Waals surface area contributed by atoms with Crippen molar-refractivity contribution in [3.63, 3.8) is 0 Å². The standard InChI is InChI=1S/C28H29Cl4N3O/c1-33(21-12-13-23(29)25(31)16-21)18-27(36)34(2)26(17-35-14-3-4-15-35)20-10-8-19(9-11-20)22-6-5-7-24(30)28(22)32/h5-13,16,26H,3-4,14-15,17-18H2,1-2H3. The zero-order chi connectivity index (χ0) is 25.8. The summed E-state index contributed by atoms with van der Waals surface area (Å²) in [6.45, 7) is 3.12. The second-order valence-electron chi connectivity index (χ2n) is 9.21. The van der Waals surface area contributed by atoms with E-state index >= 15 is 0 Å². The first-order valence-electron chi connectivity index (χ1n) is 11.9. The minimum absolute atomic E-state index is 0.0229. The van der Waals surface area contributed by atoms with Gasteiger partial charge in [-0.15, -0.1) is 0 Å². The molecule has 3 aromatic carbocycles. The van der Waals surface area contributed by atoms with Gasteiger partial charge in [-0.05, 0) is 61.3 Å². The van der Waals surface area contributed by atoms with Gasteiger partial charge in [-0.25, -0.2) is 0 Å². The van der Waals surface area contributed by atoms with E-state index in [1.54, 1.807) is 18.2 Å². The number of anilines is 1. The summed E-state index contributed by atoms with van der Waals surface area (Å²) in [6, 6.07) is 19.2. The maximum Gasteiger partial charge on any atom is 0.242 e. The minimum Gasteiger partial charge on any atom is -0.365 e. The molecule has 1 fully saturated rings. The Balaban J connectivity index is 1.55. The van der Waals surface area contributed by atoms with E-state index in [9.17, 15) is 4.79 Å². The summed E-state index contributed by atoms with van der Waals surface area (Å²) in [4.78, 5) is 19.6. The monoisotopic (exact) mass is 563 g/mol. The molecule has 190 valence electrons. The maximum absolute atomic E-state index is 13.4. The van der Waals surface area contributed by atoms with Crippen LogP contribution in [0.5, 0.6) is 0 Å². The molecule has 0 radical (unpaired) electrons. The Morgan fingerprint density at radius 1 is 0.889 bits per heavy atom. The molecule has 0 bridgehead atoms. The van der Waals surface area contributed by atoms with Crippen molar-refractivity contribution >= 4 is 58.0 Å². The summed E-state index contributed by atoms with van der Waals surface area (Å²) < 4.78 is 0. The third kappa shape index (κ3) is 6.30. The highest BCUT2D eigenvalue weighted by atomic mass is 35.5. The van der Waals surface area contributed by atoms with E-state index in [1.807, 2.05) is 54.2 Å². The van der Waals surface area contributed by atoms with Crippen molar-refractivity contribution in [2.24, 2.45) is 0 Å². The topological polar surface area (TPSA) is 26.8 Å². The molecule has 0 aliphatic carbocycles. The molecule has 0 aromatic heterocycles. The van der Waals surface area contributed by atoms with Gasteiger partial charge in [0.1, 0.15) is 0 Å². The van der Waals surface area contributed by atoms with Crippen molar-refractivity contribution in [2.45, 2.75) is 18.9 Å². The quantitative estimate of drug-likeness (QED) is 0.280. The lowest BCUT2D eigenvalue weighted by Gasteiger charge is -2.33. The number of rotatable bonds is 8. The molecular formula is C28H29Cl4N3O. The molecule has 1 atom stereocenters. The maximum atomic E-state index is 13.4. The summed E-state index contributed by atoms with van der Waals surface area (Å²) in [5.41, 5.74) is 3.79. The van der Waals surface area contributed by atoms with Crippen LogP contribution in [0.25, 0.3) is 11.1 Å². The number of amides is 1. The first-order chi connectivity index (χ1) is 17.2. The summed E-state index contributed by atoms with van der Waals surface area (Å²) >= 11 is 24.9. The molecule has 1 aliphatic heterocycles. The molecule has 1 amide bonds. The van der Waals surface area contributed by atoms with Crippen molar-refractivity contribution in [3.8, 4) is 11.1 Å². The molecule has 4 nitrogen and oxygen atoms in total. The largest absolute Gasteiger partial charge is 0.365 e. The number of hydrogen-bond donors (Lipinski definition) is 0. The lowest BCUT2D eigenvalue weighted by molar-refractivity contribution is -0.131. The first-order valence-corrected chi connectivity index (χ1v) is 13.4. The number of likely N-dealkylation sites (tertiary alicyclic amines) is 1. The highest BCUT2D eigenvalue weighted by Crippen LogP contribution is 2.34. The van der Waals surface area contributed by atoms with Crippen LogP contribution in [0.2, 0.25) is 20.1 Å². The van der Waals surface area contributed by atoms with Crippen molar-refractivity contribution < 1.29 is 4.79 Å². The normalized spacial score (nSPS) is 14.6. The predicted molar refractivity (Wildman–Crippen MR) is 153 cm³/mol. The molecule has 0 saturated carbocycles. The number of nitrogens with zero attached hydrogens (tertiary/aromatic N) is 3. The van der Waals surface area contributed by atoms with Gasteiger partial charge in [0.05, 0.1) is 32.7 Å². The SMILES string of the molecule is CN(CC(=O)N(C)C(CN1CCCC1)c1ccc(-c2cccc(Cl)c2Cl)cc1)c1ccc(Cl)c(Cl)c1. The van der Waals surface area contributed by atoms with Crippen molar-refractivity contribution in [2.75, 3.05) is 45.2 Å². The molecule has 0 N–H and O–H groups in total. The van der Waals surface area contributed by atoms with Crippen LogP contribution in [0.1, 0.15) is 24.4 Å². The number of carbonyl (C=O) groups excluding carboxylic acids is 1. The van der Waals surface area contributed by atoms with Crippen LogP contribution in [0, 0.1) is 0 Å². The minimum atomic E-state index is -0.0818. The van der Waals surface area contributed by atoms with E-state index < -0.39 is 0 Å². The second-order valence-corrected chi connectivity index (χ2v) is 10.8. The summed E-state index contributed by atoms with van der Waals surface area (Å²) in [6.07, 6.45) is 2.38. The zero-order valence-corrected chi connectivity index (χ0v) is 23.4. The average molecular weight is 565 g/mol. The first kappa shape index (κ1) is 27.1. The third-order valence-electron chi connectivity index (χ3n) is 6.77. The molecule has 4 rings (SSSR count). The van der Waals surface area contributed by atoms with Crippen molar-refractivity contribution in [1.29, 1.82) is 0 Å². The fourth-order valence-electron chi connectivity index (χ4n) is 4.57. The molecule has 1 unspecified atom stereocenters. The van der Waals surface area contributed by atoms with Gasteiger partial charge in [-0.1, -0.05) is 82.8 Å². The molecule has 1 saturated heterocycles. The van der Waals surface area contributed by atoms with Crippen LogP contribution in [-0.4, -0.2) is 56.0 Å². The molecule has 36 heavy (non-hydrogen) atoms. The Labute approximate surface area is 233 Å². The number of halogens is 4. The lowest BCUT2D eigenvalue weighted by Crippen LogP contribution is -2.42. The summed E-state index contributed by atoms with van der Waals surface area (Å²) in [7, 11) is 3.76. The Morgan fingerprint density at radius 3 is 2.25 bits per heavy atom. The van der Waals surface area contributed by atoms with Gasteiger partial charge >= 0.3 is 0 Å². The molecule has 3 aromatic rings. The molecule has 1 aliphatic rings. The predicted octanol–water partition coefficient (Wildman–Crippen LogP) is 7.70. The van der Waals surface area contributed by atoms with Crippen LogP contribution in [0.3, 0.4) is 0 Å². The number of hydrogen-bond acceptors (Lipinski definition) is 3. The van der Waals surface area contributed by atoms with E-state index in [2.05, 4.69) is 17.0 Å². The highest BCUT2D eigenvalue weighted by molar-refractivity contribution is 6.43. The Morgan fingerprint density at radius 2 is 1.58 bits per heavy atom. The van der Waals surface area contributed by atoms with Crippen molar-refractivity contribution in [3.05, 3.63) is 86.3 Å². The van der Waals surface area contributed by atoms with Gasteiger partial charge < -0.3 is 14.7 Å². The van der Waals surface area contributed by atoms with E-state index in [1.165, 1.54) is 12.8 Å². The number of likely N-dealkylation sites (N-methyl/N-ethyl adjacent to an activating group) is 2. The van der Waals surface area contributed by atoms with Crippen LogP contribution in [0.4, 0.5) is 5.69 Å². The second kappa shape index (κ2) is 12.1. The van der Waals surface area contributed by atoms with E-state index in [-0.39, 0.29) is 18.5 Å². The lowest BCUT2D eigenvalue weighted by atomic mass is 9.99. The van der Waals surface area contributed by atoms with Gasteiger partial charge in [-0.2, -0.15) is 0 Å². The fourth-order valence-corrected chi connectivity index (χ4v) is 5.28. The summed E-state index contributed by atoms with van der Waals surface area (Å²) in [5.74, 6) is 0.0229. The number of benzene rings is 3. The van der Waals surface area contributed by atoms with Crippen LogP contribution < -0.4 is 4.90 Å². The van der Waals surface area contributed by atoms with E-state index in [4.69, 9.17) is 46.4 Å². The Hall–Kier alpha value is -1.95. The zero-order valence-electron chi connectivity index (χ0n) is 20.4. The van der Waals surface area contributed by atoms with Gasteiger partial charge in [0.25, 0.3) is 0 Å². The molecular weight excluding hydrogens is 536 g/mol. The highest BCUT2D eigenvalue weighted by Gasteiger charge is 2.26. The Bertz CT molecular complexity index is 1210. The van der Waals surface area contributed by atoms with Crippen LogP contribution in [0.15, 0.2) is 60.7 Å². The third-order valence-corrected chi connectivity index (χ3v) is 8.32. The van der Waals surface area contributed by atoms with Gasteiger partial charge in [0, 0.05) is 31.9 Å².